The average Bonchev–Trinajstić information content (AvgIpc) is 3.08. The third-order valence-corrected chi connectivity index (χ3v) is 3.73. The second-order valence-corrected chi connectivity index (χ2v) is 5.35. The Bertz CT molecular complexity index is 653. The molecule has 1 atom stereocenters. The van der Waals surface area contributed by atoms with Gasteiger partial charge in [0.15, 0.2) is 0 Å². The van der Waals surface area contributed by atoms with Gasteiger partial charge >= 0.3 is 5.97 Å². The van der Waals surface area contributed by atoms with Gasteiger partial charge in [-0.25, -0.2) is 0 Å². The molecular weight excluding hydrogens is 270 g/mol. The highest BCUT2D eigenvalue weighted by Gasteiger charge is 2.31. The molecule has 21 heavy (non-hydrogen) atoms. The van der Waals surface area contributed by atoms with E-state index in [2.05, 4.69) is 10.1 Å². The molecule has 0 aliphatic carbocycles. The van der Waals surface area contributed by atoms with Crippen LogP contribution in [0.2, 0.25) is 0 Å². The summed E-state index contributed by atoms with van der Waals surface area (Å²) in [6.07, 6.45) is 1.56. The minimum Gasteiger partial charge on any atom is -0.480 e. The number of aromatic nitrogens is 2. The topological polar surface area (TPSA) is 79.5 Å². The summed E-state index contributed by atoms with van der Waals surface area (Å²) in [6, 6.07) is 7.43. The van der Waals surface area contributed by atoms with E-state index < -0.39 is 12.0 Å². The van der Waals surface area contributed by atoms with Crippen LogP contribution in [0.3, 0.4) is 0 Å². The fraction of sp³-hybridized carbons (Fsp3) is 0.400. The molecular formula is C15H17N3O3. The number of rotatable bonds is 4. The molecule has 0 radical (unpaired) electrons. The lowest BCUT2D eigenvalue weighted by molar-refractivity contribution is -0.142. The number of hydrogen-bond acceptors (Lipinski definition) is 5. The molecule has 3 rings (SSSR count). The summed E-state index contributed by atoms with van der Waals surface area (Å²) in [4.78, 5) is 17.4. The Morgan fingerprint density at radius 2 is 2.38 bits per heavy atom. The van der Waals surface area contributed by atoms with Crippen LogP contribution in [-0.4, -0.2) is 38.7 Å². The van der Waals surface area contributed by atoms with Crippen LogP contribution in [0, 0.1) is 6.92 Å². The molecule has 1 aromatic heterocycles. The van der Waals surface area contributed by atoms with Crippen LogP contribution in [0.1, 0.15) is 24.3 Å². The van der Waals surface area contributed by atoms with Gasteiger partial charge in [0.1, 0.15) is 6.04 Å². The molecule has 1 fully saturated rings. The molecule has 1 aliphatic rings. The van der Waals surface area contributed by atoms with E-state index in [0.717, 1.165) is 24.1 Å². The van der Waals surface area contributed by atoms with Crippen molar-refractivity contribution in [2.45, 2.75) is 32.4 Å². The van der Waals surface area contributed by atoms with Crippen LogP contribution in [0.4, 0.5) is 0 Å². The maximum Gasteiger partial charge on any atom is 0.320 e. The van der Waals surface area contributed by atoms with Crippen LogP contribution in [0.25, 0.3) is 11.4 Å². The van der Waals surface area contributed by atoms with Crippen molar-refractivity contribution in [2.24, 2.45) is 0 Å². The summed E-state index contributed by atoms with van der Waals surface area (Å²) in [5.41, 5.74) is 2.03. The van der Waals surface area contributed by atoms with Gasteiger partial charge in [0.25, 0.3) is 0 Å². The lowest BCUT2D eigenvalue weighted by atomic mass is 10.1. The Labute approximate surface area is 122 Å². The minimum atomic E-state index is -0.786. The van der Waals surface area contributed by atoms with Crippen molar-refractivity contribution in [3.05, 3.63) is 35.7 Å². The summed E-state index contributed by atoms with van der Waals surface area (Å²) in [5, 5.41) is 13.1. The van der Waals surface area contributed by atoms with E-state index in [1.54, 1.807) is 0 Å². The quantitative estimate of drug-likeness (QED) is 0.927. The van der Waals surface area contributed by atoms with Gasteiger partial charge in [-0.05, 0) is 32.4 Å². The van der Waals surface area contributed by atoms with E-state index in [1.165, 1.54) is 0 Å². The Balaban J connectivity index is 1.75. The molecule has 0 bridgehead atoms. The maximum absolute atomic E-state index is 11.2. The van der Waals surface area contributed by atoms with E-state index in [1.807, 2.05) is 36.1 Å². The molecule has 2 heterocycles. The average molecular weight is 287 g/mol. The Hall–Kier alpha value is -2.21. The molecule has 1 N–H and O–H groups in total. The van der Waals surface area contributed by atoms with E-state index in [4.69, 9.17) is 9.63 Å². The first kappa shape index (κ1) is 13.8. The van der Waals surface area contributed by atoms with Gasteiger partial charge in [-0.2, -0.15) is 4.98 Å². The van der Waals surface area contributed by atoms with Crippen LogP contribution < -0.4 is 0 Å². The van der Waals surface area contributed by atoms with E-state index >= 15 is 0 Å². The predicted molar refractivity (Wildman–Crippen MR) is 75.5 cm³/mol. The second kappa shape index (κ2) is 5.65. The molecule has 6 heteroatoms. The zero-order chi connectivity index (χ0) is 14.8. The molecule has 2 aromatic rings. The maximum atomic E-state index is 11.2. The molecule has 0 unspecified atom stereocenters. The minimum absolute atomic E-state index is 0.385. The number of aliphatic carboxylic acids is 1. The van der Waals surface area contributed by atoms with Crippen LogP contribution in [0.15, 0.2) is 28.8 Å². The Kier molecular flexibility index (Phi) is 3.70. The number of likely N-dealkylation sites (tertiary alicyclic amines) is 1. The van der Waals surface area contributed by atoms with E-state index in [9.17, 15) is 4.79 Å². The van der Waals surface area contributed by atoms with Crippen LogP contribution >= 0.6 is 0 Å². The largest absolute Gasteiger partial charge is 0.480 e. The highest BCUT2D eigenvalue weighted by atomic mass is 16.5. The SMILES string of the molecule is Cc1cccc(-c2noc(CN3CCC[C@@H]3C(=O)O)n2)c1. The predicted octanol–water partition coefficient (Wildman–Crippen LogP) is 2.09. The molecule has 1 aliphatic heterocycles. The zero-order valence-corrected chi connectivity index (χ0v) is 11.8. The number of benzene rings is 1. The molecule has 1 saturated heterocycles. The Morgan fingerprint density at radius 3 is 3.14 bits per heavy atom. The fourth-order valence-corrected chi connectivity index (χ4v) is 2.69. The monoisotopic (exact) mass is 287 g/mol. The number of hydrogen-bond donors (Lipinski definition) is 1. The van der Waals surface area contributed by atoms with Gasteiger partial charge in [0.05, 0.1) is 6.54 Å². The van der Waals surface area contributed by atoms with Crippen molar-refractivity contribution in [3.8, 4) is 11.4 Å². The van der Waals surface area contributed by atoms with Gasteiger partial charge in [-0.1, -0.05) is 28.9 Å². The van der Waals surface area contributed by atoms with Gasteiger partial charge in [-0.3, -0.25) is 9.69 Å². The number of carboxylic acid groups (broad SMARTS) is 1. The van der Waals surface area contributed by atoms with Gasteiger partial charge in [0.2, 0.25) is 11.7 Å². The first-order chi connectivity index (χ1) is 10.1. The Morgan fingerprint density at radius 1 is 1.52 bits per heavy atom. The van der Waals surface area contributed by atoms with Crippen molar-refractivity contribution in [3.63, 3.8) is 0 Å². The van der Waals surface area contributed by atoms with Gasteiger partial charge < -0.3 is 9.63 Å². The third kappa shape index (κ3) is 2.95. The van der Waals surface area contributed by atoms with Crippen molar-refractivity contribution < 1.29 is 14.4 Å². The fourth-order valence-electron chi connectivity index (χ4n) is 2.69. The molecule has 0 amide bonds. The second-order valence-electron chi connectivity index (χ2n) is 5.35. The highest BCUT2D eigenvalue weighted by Crippen LogP contribution is 2.21. The van der Waals surface area contributed by atoms with Crippen LogP contribution in [-0.2, 0) is 11.3 Å². The normalized spacial score (nSPS) is 19.0. The van der Waals surface area contributed by atoms with Crippen molar-refractivity contribution in [1.82, 2.24) is 15.0 Å². The summed E-state index contributed by atoms with van der Waals surface area (Å²) in [7, 11) is 0. The zero-order valence-electron chi connectivity index (χ0n) is 11.8. The lowest BCUT2D eigenvalue weighted by Gasteiger charge is -2.18. The third-order valence-electron chi connectivity index (χ3n) is 3.73. The summed E-state index contributed by atoms with van der Waals surface area (Å²) in [5.74, 6) is 0.213. The number of carbonyl (C=O) groups is 1. The van der Waals surface area contributed by atoms with Gasteiger partial charge in [0, 0.05) is 5.56 Å². The van der Waals surface area contributed by atoms with Crippen molar-refractivity contribution in [1.29, 1.82) is 0 Å². The highest BCUT2D eigenvalue weighted by molar-refractivity contribution is 5.73. The summed E-state index contributed by atoms with van der Waals surface area (Å²) >= 11 is 0. The number of nitrogens with zero attached hydrogens (tertiary/aromatic N) is 3. The molecule has 1 aromatic carbocycles. The van der Waals surface area contributed by atoms with Crippen LogP contribution in [0.5, 0.6) is 0 Å². The van der Waals surface area contributed by atoms with E-state index in [0.29, 0.717) is 24.7 Å². The molecule has 110 valence electrons. The number of carboxylic acids is 1. The molecule has 6 nitrogen and oxygen atoms in total. The molecule has 0 saturated carbocycles. The van der Waals surface area contributed by atoms with Crippen molar-refractivity contribution in [2.75, 3.05) is 6.54 Å². The summed E-state index contributed by atoms with van der Waals surface area (Å²) < 4.78 is 5.25. The van der Waals surface area contributed by atoms with Crippen molar-refractivity contribution >= 4 is 5.97 Å². The van der Waals surface area contributed by atoms with Gasteiger partial charge in [-0.15, -0.1) is 0 Å². The lowest BCUT2D eigenvalue weighted by Crippen LogP contribution is -2.35. The first-order valence-corrected chi connectivity index (χ1v) is 7.00. The standard InChI is InChI=1S/C15H17N3O3/c1-10-4-2-5-11(8-10)14-16-13(21-17-14)9-18-7-3-6-12(18)15(19)20/h2,4-5,8,12H,3,6-7,9H2,1H3,(H,19,20)/t12-/m1/s1. The summed E-state index contributed by atoms with van der Waals surface area (Å²) in [6.45, 7) is 3.14. The number of aryl methyl sites for hydroxylation is 1. The smallest absolute Gasteiger partial charge is 0.320 e. The first-order valence-electron chi connectivity index (χ1n) is 7.00. The van der Waals surface area contributed by atoms with E-state index in [-0.39, 0.29) is 0 Å². The molecule has 0 spiro atoms.